The number of hydrogen-bond donors (Lipinski definition) is 4. The number of nitrogens with one attached hydrogen (secondary N) is 2. The Balaban J connectivity index is 1.73. The molecule has 0 saturated heterocycles. The van der Waals surface area contributed by atoms with Crippen LogP contribution >= 0.6 is 0 Å². The molecule has 6 atom stereocenters. The molecule has 2 saturated carbocycles. The van der Waals surface area contributed by atoms with Gasteiger partial charge in [-0.2, -0.15) is 0 Å². The minimum absolute atomic E-state index is 0.0310. The normalized spacial score (nSPS) is 34.3. The van der Waals surface area contributed by atoms with Crippen molar-refractivity contribution in [3.05, 3.63) is 35.9 Å². The van der Waals surface area contributed by atoms with Crippen LogP contribution in [0.4, 0.5) is 4.79 Å². The largest absolute Gasteiger partial charge is 0.446 e. The molecular formula is C25H38N2O5. The summed E-state index contributed by atoms with van der Waals surface area (Å²) in [5, 5.41) is 27.0. The lowest BCUT2D eigenvalue weighted by Gasteiger charge is -2.60. The van der Waals surface area contributed by atoms with Gasteiger partial charge in [-0.25, -0.2) is 4.79 Å². The van der Waals surface area contributed by atoms with Crippen molar-refractivity contribution in [2.45, 2.75) is 71.6 Å². The zero-order chi connectivity index (χ0) is 23.4. The van der Waals surface area contributed by atoms with E-state index in [1.54, 1.807) is 0 Å². The van der Waals surface area contributed by atoms with Crippen molar-refractivity contribution in [2.24, 2.45) is 22.7 Å². The summed E-state index contributed by atoms with van der Waals surface area (Å²) in [6.45, 7) is 6.77. The van der Waals surface area contributed by atoms with Gasteiger partial charge in [0.25, 0.3) is 0 Å². The molecule has 0 radical (unpaired) electrons. The van der Waals surface area contributed by atoms with Crippen LogP contribution in [0.3, 0.4) is 0 Å². The van der Waals surface area contributed by atoms with E-state index in [0.717, 1.165) is 18.4 Å². The van der Waals surface area contributed by atoms with Crippen LogP contribution in [0.15, 0.2) is 30.3 Å². The predicted molar refractivity (Wildman–Crippen MR) is 122 cm³/mol. The van der Waals surface area contributed by atoms with Gasteiger partial charge in [0.05, 0.1) is 12.7 Å². The molecule has 7 heteroatoms. The number of carbonyl (C=O) groups is 2. The number of alkyl carbamates (subject to hydrolysis) is 1. The third-order valence-electron chi connectivity index (χ3n) is 7.98. The van der Waals surface area contributed by atoms with Gasteiger partial charge in [-0.3, -0.25) is 4.79 Å². The highest BCUT2D eigenvalue weighted by Gasteiger charge is 2.60. The summed E-state index contributed by atoms with van der Waals surface area (Å²) < 4.78 is 5.71. The Labute approximate surface area is 190 Å². The number of carbonyl (C=O) groups excluding carboxylic acids is 2. The molecule has 1 aromatic carbocycles. The van der Waals surface area contributed by atoms with Gasteiger partial charge in [0.15, 0.2) is 0 Å². The van der Waals surface area contributed by atoms with Crippen LogP contribution in [-0.4, -0.2) is 47.6 Å². The standard InChI is InChI=1S/C25H38N2O5/c1-4-26-23(31)32-21-12-13-24(2)18(19(29)10-11-20(24)25(21,3)16-28)14-22(30)27-15-17-8-6-5-7-9-17/h5-9,18-21,28-29H,4,10-16H2,1-3H3,(H,26,31)(H,27,30)/t18-,19-,20+,21+,24-,25+/m1/s1. The Kier molecular flexibility index (Phi) is 7.83. The van der Waals surface area contributed by atoms with Crippen molar-refractivity contribution >= 4 is 12.0 Å². The third kappa shape index (κ3) is 4.94. The van der Waals surface area contributed by atoms with Gasteiger partial charge in [-0.15, -0.1) is 0 Å². The fourth-order valence-electron chi connectivity index (χ4n) is 6.16. The number of benzene rings is 1. The van der Waals surface area contributed by atoms with Crippen molar-refractivity contribution in [1.29, 1.82) is 0 Å². The smallest absolute Gasteiger partial charge is 0.407 e. The predicted octanol–water partition coefficient (Wildman–Crippen LogP) is 2.99. The first-order valence-corrected chi connectivity index (χ1v) is 11.8. The third-order valence-corrected chi connectivity index (χ3v) is 7.98. The van der Waals surface area contributed by atoms with Gasteiger partial charge < -0.3 is 25.6 Å². The number of hydrogen-bond acceptors (Lipinski definition) is 5. The van der Waals surface area contributed by atoms with E-state index in [9.17, 15) is 19.8 Å². The van der Waals surface area contributed by atoms with Crippen LogP contribution in [-0.2, 0) is 16.1 Å². The van der Waals surface area contributed by atoms with Gasteiger partial charge in [0.2, 0.25) is 5.91 Å². The highest BCUT2D eigenvalue weighted by Crippen LogP contribution is 2.61. The SMILES string of the molecule is CCNC(=O)O[C@H]1CC[C@@]2(C)[C@H](CC[C@@H](O)[C@H]2CC(=O)NCc2ccccc2)[C@]1(C)CO. The maximum Gasteiger partial charge on any atom is 0.407 e. The zero-order valence-electron chi connectivity index (χ0n) is 19.5. The van der Waals surface area contributed by atoms with E-state index in [4.69, 9.17) is 4.74 Å². The van der Waals surface area contributed by atoms with Gasteiger partial charge in [-0.05, 0) is 55.4 Å². The van der Waals surface area contributed by atoms with Crippen LogP contribution in [0.5, 0.6) is 0 Å². The average Bonchev–Trinajstić information content (AvgIpc) is 2.78. The number of fused-ring (bicyclic) bond motifs is 1. The molecule has 2 fully saturated rings. The monoisotopic (exact) mass is 446 g/mol. The van der Waals surface area contributed by atoms with E-state index < -0.39 is 23.7 Å². The van der Waals surface area contributed by atoms with Crippen molar-refractivity contribution in [2.75, 3.05) is 13.2 Å². The molecule has 178 valence electrons. The van der Waals surface area contributed by atoms with Crippen molar-refractivity contribution in [1.82, 2.24) is 10.6 Å². The van der Waals surface area contributed by atoms with Crippen LogP contribution in [0.2, 0.25) is 0 Å². The van der Waals surface area contributed by atoms with E-state index in [2.05, 4.69) is 17.6 Å². The quantitative estimate of drug-likeness (QED) is 0.515. The molecule has 0 spiro atoms. The molecule has 7 nitrogen and oxygen atoms in total. The highest BCUT2D eigenvalue weighted by molar-refractivity contribution is 5.76. The molecule has 1 aromatic rings. The van der Waals surface area contributed by atoms with E-state index in [1.807, 2.05) is 44.2 Å². The summed E-state index contributed by atoms with van der Waals surface area (Å²) in [6, 6.07) is 9.75. The van der Waals surface area contributed by atoms with Gasteiger partial charge in [0.1, 0.15) is 6.10 Å². The van der Waals surface area contributed by atoms with Crippen LogP contribution in [0.1, 0.15) is 58.4 Å². The molecule has 32 heavy (non-hydrogen) atoms. The minimum atomic E-state index is -0.628. The molecule has 3 rings (SSSR count). The Bertz CT molecular complexity index is 788. The maximum absolute atomic E-state index is 12.8. The topological polar surface area (TPSA) is 108 Å². The van der Waals surface area contributed by atoms with Crippen LogP contribution in [0.25, 0.3) is 0 Å². The number of aliphatic hydroxyl groups is 2. The molecule has 4 N–H and O–H groups in total. The number of aliphatic hydroxyl groups excluding tert-OH is 2. The second-order valence-corrected chi connectivity index (χ2v) is 9.90. The molecule has 0 unspecified atom stereocenters. The van der Waals surface area contributed by atoms with E-state index in [1.165, 1.54) is 0 Å². The first-order chi connectivity index (χ1) is 15.2. The lowest BCUT2D eigenvalue weighted by atomic mass is 9.46. The van der Waals surface area contributed by atoms with E-state index in [-0.39, 0.29) is 36.2 Å². The highest BCUT2D eigenvalue weighted by atomic mass is 16.6. The maximum atomic E-state index is 12.8. The van der Waals surface area contributed by atoms with Crippen molar-refractivity contribution in [3.63, 3.8) is 0 Å². The lowest BCUT2D eigenvalue weighted by molar-refractivity contribution is -0.185. The van der Waals surface area contributed by atoms with Crippen molar-refractivity contribution < 1.29 is 24.5 Å². The molecular weight excluding hydrogens is 408 g/mol. The first-order valence-electron chi connectivity index (χ1n) is 11.8. The fourth-order valence-corrected chi connectivity index (χ4v) is 6.16. The summed E-state index contributed by atoms with van der Waals surface area (Å²) in [5.74, 6) is -0.261. The van der Waals surface area contributed by atoms with Gasteiger partial charge in [-0.1, -0.05) is 44.2 Å². The second-order valence-electron chi connectivity index (χ2n) is 9.90. The number of ether oxygens (including phenoxy) is 1. The average molecular weight is 447 g/mol. The Morgan fingerprint density at radius 1 is 1.12 bits per heavy atom. The Morgan fingerprint density at radius 2 is 1.84 bits per heavy atom. The summed E-state index contributed by atoms with van der Waals surface area (Å²) in [5.41, 5.74) is 0.0714. The molecule has 0 aromatic heterocycles. The summed E-state index contributed by atoms with van der Waals surface area (Å²) in [4.78, 5) is 24.9. The molecule has 2 aliphatic rings. The molecule has 0 bridgehead atoms. The van der Waals surface area contributed by atoms with E-state index in [0.29, 0.717) is 25.9 Å². The van der Waals surface area contributed by atoms with Crippen LogP contribution in [0, 0.1) is 22.7 Å². The zero-order valence-corrected chi connectivity index (χ0v) is 19.5. The Morgan fingerprint density at radius 3 is 2.50 bits per heavy atom. The molecule has 0 heterocycles. The molecule has 2 aliphatic carbocycles. The summed E-state index contributed by atoms with van der Waals surface area (Å²) in [6.07, 6.45) is 1.42. The summed E-state index contributed by atoms with van der Waals surface area (Å²) in [7, 11) is 0. The lowest BCUT2D eigenvalue weighted by Crippen LogP contribution is -2.61. The first kappa shape index (κ1) is 24.5. The van der Waals surface area contributed by atoms with Gasteiger partial charge >= 0.3 is 6.09 Å². The number of amides is 2. The van der Waals surface area contributed by atoms with Gasteiger partial charge in [0, 0.05) is 24.9 Å². The van der Waals surface area contributed by atoms with E-state index >= 15 is 0 Å². The molecule has 0 aliphatic heterocycles. The summed E-state index contributed by atoms with van der Waals surface area (Å²) >= 11 is 0. The minimum Gasteiger partial charge on any atom is -0.446 e. The Hall–Kier alpha value is -2.12. The molecule has 2 amide bonds. The number of rotatable bonds is 7. The fraction of sp³-hybridized carbons (Fsp3) is 0.680. The second kappa shape index (κ2) is 10.2. The van der Waals surface area contributed by atoms with Crippen molar-refractivity contribution in [3.8, 4) is 0 Å². The van der Waals surface area contributed by atoms with Crippen LogP contribution < -0.4 is 10.6 Å².